The van der Waals surface area contributed by atoms with E-state index in [2.05, 4.69) is 36.6 Å². The molecule has 1 heterocycles. The Kier molecular flexibility index (Phi) is 7.94. The van der Waals surface area contributed by atoms with E-state index < -0.39 is 0 Å². The number of thioether (sulfide) groups is 1. The highest BCUT2D eigenvalue weighted by Gasteiger charge is 2.15. The molecule has 0 fully saturated rings. The van der Waals surface area contributed by atoms with Crippen molar-refractivity contribution >= 4 is 28.8 Å². The lowest BCUT2D eigenvalue weighted by Crippen LogP contribution is -2.05. The van der Waals surface area contributed by atoms with E-state index in [1.807, 2.05) is 32.0 Å². The van der Waals surface area contributed by atoms with E-state index in [1.54, 1.807) is 11.8 Å². The standard InChI is InChI=1S/C24H30N2O3S/c1-5-28-13-7-12-26-22-11-10-19(23(27)29-6-2)15-21(22)25-24(26)30-16-20-14-17(3)8-9-18(20)4/h8-11,14-15H,5-7,12-13,16H2,1-4H3. The number of esters is 1. The average Bonchev–Trinajstić information content (AvgIpc) is 3.08. The number of imidazole rings is 1. The zero-order valence-corrected chi connectivity index (χ0v) is 19.1. The van der Waals surface area contributed by atoms with Crippen LogP contribution in [-0.2, 0) is 21.8 Å². The third-order valence-electron chi connectivity index (χ3n) is 4.96. The molecule has 30 heavy (non-hydrogen) atoms. The minimum Gasteiger partial charge on any atom is -0.462 e. The Balaban J connectivity index is 1.89. The van der Waals surface area contributed by atoms with Gasteiger partial charge in [0, 0.05) is 25.5 Å². The van der Waals surface area contributed by atoms with Crippen LogP contribution in [0.2, 0.25) is 0 Å². The molecule has 0 bridgehead atoms. The summed E-state index contributed by atoms with van der Waals surface area (Å²) in [6.07, 6.45) is 0.913. The van der Waals surface area contributed by atoms with Gasteiger partial charge in [-0.2, -0.15) is 0 Å². The SMILES string of the molecule is CCOCCCn1c(SCc2cc(C)ccc2C)nc2cc(C(=O)OCC)ccc21. The van der Waals surface area contributed by atoms with Crippen LogP contribution in [0.5, 0.6) is 0 Å². The van der Waals surface area contributed by atoms with Gasteiger partial charge in [-0.25, -0.2) is 9.78 Å². The van der Waals surface area contributed by atoms with Crippen LogP contribution >= 0.6 is 11.8 Å². The number of rotatable bonds is 10. The number of aryl methyl sites for hydroxylation is 3. The van der Waals surface area contributed by atoms with Crippen molar-refractivity contribution < 1.29 is 14.3 Å². The summed E-state index contributed by atoms with van der Waals surface area (Å²) in [5.41, 5.74) is 6.26. The van der Waals surface area contributed by atoms with Crippen LogP contribution in [-0.4, -0.2) is 35.3 Å². The molecule has 0 spiro atoms. The van der Waals surface area contributed by atoms with Crippen LogP contribution in [0.4, 0.5) is 0 Å². The second-order valence-electron chi connectivity index (χ2n) is 7.24. The molecule has 0 N–H and O–H groups in total. The second kappa shape index (κ2) is 10.6. The quantitative estimate of drug-likeness (QED) is 0.242. The first-order chi connectivity index (χ1) is 14.5. The number of ether oxygens (including phenoxy) is 2. The van der Waals surface area contributed by atoms with Gasteiger partial charge in [0.05, 0.1) is 23.2 Å². The van der Waals surface area contributed by atoms with Gasteiger partial charge in [-0.15, -0.1) is 0 Å². The maximum Gasteiger partial charge on any atom is 0.338 e. The van der Waals surface area contributed by atoms with Crippen LogP contribution in [0.3, 0.4) is 0 Å². The Morgan fingerprint density at radius 1 is 1.10 bits per heavy atom. The molecule has 0 aliphatic rings. The number of fused-ring (bicyclic) bond motifs is 1. The maximum atomic E-state index is 12.1. The van der Waals surface area contributed by atoms with E-state index in [1.165, 1.54) is 16.7 Å². The van der Waals surface area contributed by atoms with E-state index in [0.717, 1.165) is 48.1 Å². The summed E-state index contributed by atoms with van der Waals surface area (Å²) in [7, 11) is 0. The first kappa shape index (κ1) is 22.4. The van der Waals surface area contributed by atoms with Crippen LogP contribution in [0.25, 0.3) is 11.0 Å². The highest BCUT2D eigenvalue weighted by Crippen LogP contribution is 2.29. The van der Waals surface area contributed by atoms with E-state index in [9.17, 15) is 4.79 Å². The third kappa shape index (κ3) is 5.43. The average molecular weight is 427 g/mol. The molecule has 0 unspecified atom stereocenters. The van der Waals surface area contributed by atoms with Crippen molar-refractivity contribution in [2.75, 3.05) is 19.8 Å². The molecule has 0 saturated carbocycles. The molecule has 0 atom stereocenters. The van der Waals surface area contributed by atoms with E-state index >= 15 is 0 Å². The lowest BCUT2D eigenvalue weighted by Gasteiger charge is -2.10. The predicted octanol–water partition coefficient (Wildman–Crippen LogP) is 5.55. The normalized spacial score (nSPS) is 11.2. The summed E-state index contributed by atoms with van der Waals surface area (Å²) in [5, 5.41) is 0.961. The molecule has 2 aromatic carbocycles. The monoisotopic (exact) mass is 426 g/mol. The van der Waals surface area contributed by atoms with Crippen molar-refractivity contribution in [3.63, 3.8) is 0 Å². The Labute approximate surface area is 182 Å². The first-order valence-electron chi connectivity index (χ1n) is 10.5. The highest BCUT2D eigenvalue weighted by molar-refractivity contribution is 7.98. The van der Waals surface area contributed by atoms with Gasteiger partial charge >= 0.3 is 5.97 Å². The molecule has 0 amide bonds. The van der Waals surface area contributed by atoms with Crippen molar-refractivity contribution in [1.82, 2.24) is 9.55 Å². The number of carbonyl (C=O) groups excluding carboxylic acids is 1. The summed E-state index contributed by atoms with van der Waals surface area (Å²) in [6.45, 7) is 10.7. The number of carbonyl (C=O) groups is 1. The lowest BCUT2D eigenvalue weighted by molar-refractivity contribution is 0.0526. The molecule has 3 rings (SSSR count). The molecule has 1 aromatic heterocycles. The largest absolute Gasteiger partial charge is 0.462 e. The Bertz CT molecular complexity index is 1010. The molecule has 5 nitrogen and oxygen atoms in total. The molecule has 0 radical (unpaired) electrons. The molecular weight excluding hydrogens is 396 g/mol. The summed E-state index contributed by atoms with van der Waals surface area (Å²) >= 11 is 1.73. The van der Waals surface area contributed by atoms with Crippen molar-refractivity contribution in [2.45, 2.75) is 51.6 Å². The molecule has 0 aliphatic carbocycles. The molecule has 3 aromatic rings. The minimum atomic E-state index is -0.310. The summed E-state index contributed by atoms with van der Waals surface area (Å²) < 4.78 is 12.9. The maximum absolute atomic E-state index is 12.1. The molecule has 0 aliphatic heterocycles. The van der Waals surface area contributed by atoms with Gasteiger partial charge in [-0.3, -0.25) is 0 Å². The topological polar surface area (TPSA) is 53.4 Å². The fraction of sp³-hybridized carbons (Fsp3) is 0.417. The smallest absolute Gasteiger partial charge is 0.338 e. The Morgan fingerprint density at radius 2 is 1.93 bits per heavy atom. The van der Waals surface area contributed by atoms with Crippen molar-refractivity contribution in [3.05, 3.63) is 58.7 Å². The zero-order valence-electron chi connectivity index (χ0n) is 18.2. The second-order valence-corrected chi connectivity index (χ2v) is 8.18. The first-order valence-corrected chi connectivity index (χ1v) is 11.5. The fourth-order valence-corrected chi connectivity index (χ4v) is 4.45. The number of benzene rings is 2. The Morgan fingerprint density at radius 3 is 2.70 bits per heavy atom. The van der Waals surface area contributed by atoms with E-state index in [0.29, 0.717) is 12.2 Å². The van der Waals surface area contributed by atoms with Crippen LogP contribution in [0.1, 0.15) is 47.3 Å². The fourth-order valence-electron chi connectivity index (χ4n) is 3.34. The zero-order chi connectivity index (χ0) is 21.5. The van der Waals surface area contributed by atoms with Gasteiger partial charge in [0.25, 0.3) is 0 Å². The van der Waals surface area contributed by atoms with Crippen LogP contribution in [0, 0.1) is 13.8 Å². The number of hydrogen-bond donors (Lipinski definition) is 0. The molecule has 0 saturated heterocycles. The van der Waals surface area contributed by atoms with E-state index in [-0.39, 0.29) is 5.97 Å². The van der Waals surface area contributed by atoms with Crippen molar-refractivity contribution in [3.8, 4) is 0 Å². The van der Waals surface area contributed by atoms with Gasteiger partial charge in [-0.1, -0.05) is 35.5 Å². The van der Waals surface area contributed by atoms with Crippen LogP contribution < -0.4 is 0 Å². The lowest BCUT2D eigenvalue weighted by atomic mass is 10.1. The minimum absolute atomic E-state index is 0.310. The summed E-state index contributed by atoms with van der Waals surface area (Å²) in [6, 6.07) is 12.2. The predicted molar refractivity (Wildman–Crippen MR) is 122 cm³/mol. The van der Waals surface area contributed by atoms with Gasteiger partial charge in [0.15, 0.2) is 5.16 Å². The molecular formula is C24H30N2O3S. The van der Waals surface area contributed by atoms with Crippen molar-refractivity contribution in [2.24, 2.45) is 0 Å². The Hall–Kier alpha value is -2.31. The van der Waals surface area contributed by atoms with E-state index in [4.69, 9.17) is 14.5 Å². The summed E-state index contributed by atoms with van der Waals surface area (Å²) in [4.78, 5) is 17.0. The number of nitrogens with zero attached hydrogens (tertiary/aromatic N) is 2. The molecule has 6 heteroatoms. The summed E-state index contributed by atoms with van der Waals surface area (Å²) in [5.74, 6) is 0.544. The van der Waals surface area contributed by atoms with Crippen molar-refractivity contribution in [1.29, 1.82) is 0 Å². The van der Waals surface area contributed by atoms with Gasteiger partial charge in [-0.05, 0) is 63.4 Å². The third-order valence-corrected chi connectivity index (χ3v) is 5.99. The highest BCUT2D eigenvalue weighted by atomic mass is 32.2. The van der Waals surface area contributed by atoms with Gasteiger partial charge in [0.1, 0.15) is 0 Å². The number of hydrogen-bond acceptors (Lipinski definition) is 5. The number of aromatic nitrogens is 2. The van der Waals surface area contributed by atoms with Gasteiger partial charge in [0.2, 0.25) is 0 Å². The van der Waals surface area contributed by atoms with Gasteiger partial charge < -0.3 is 14.0 Å². The van der Waals surface area contributed by atoms with Crippen LogP contribution in [0.15, 0.2) is 41.6 Å². The molecule has 160 valence electrons.